The molecule has 0 saturated carbocycles. The highest BCUT2D eigenvalue weighted by Gasteiger charge is 2.31. The van der Waals surface area contributed by atoms with Crippen molar-refractivity contribution in [2.24, 2.45) is 0 Å². The lowest BCUT2D eigenvalue weighted by Crippen LogP contribution is -2.56. The van der Waals surface area contributed by atoms with Crippen LogP contribution in [0.1, 0.15) is 51.2 Å². The molecule has 212 valence electrons. The molecule has 3 amide bonds. The highest BCUT2D eigenvalue weighted by Crippen LogP contribution is 2.21. The van der Waals surface area contributed by atoms with Crippen LogP contribution in [0, 0.1) is 0 Å². The predicted molar refractivity (Wildman–Crippen MR) is 154 cm³/mol. The van der Waals surface area contributed by atoms with Gasteiger partial charge in [-0.1, -0.05) is 55.3 Å². The first-order valence-electron chi connectivity index (χ1n) is 13.8. The van der Waals surface area contributed by atoms with Gasteiger partial charge in [-0.05, 0) is 62.4 Å². The smallest absolute Gasteiger partial charge is 0.243 e. The number of hydrogen-bond acceptors (Lipinski definition) is 5. The van der Waals surface area contributed by atoms with E-state index in [1.165, 1.54) is 4.90 Å². The predicted octanol–water partition coefficient (Wildman–Crippen LogP) is 3.50. The summed E-state index contributed by atoms with van der Waals surface area (Å²) < 4.78 is 6.23. The molecule has 3 rings (SSSR count). The van der Waals surface area contributed by atoms with Crippen LogP contribution in [-0.2, 0) is 27.2 Å². The Balaban J connectivity index is 1.86. The summed E-state index contributed by atoms with van der Waals surface area (Å²) in [5.41, 5.74) is 1.92. The third-order valence-electron chi connectivity index (χ3n) is 7.04. The van der Waals surface area contributed by atoms with Crippen molar-refractivity contribution in [1.82, 2.24) is 20.9 Å². The van der Waals surface area contributed by atoms with E-state index < -0.39 is 18.1 Å². The number of likely N-dealkylation sites (N-methyl/N-ethyl adjacent to an activating group) is 1. The Hall–Kier alpha value is -3.10. The van der Waals surface area contributed by atoms with E-state index in [0.29, 0.717) is 37.4 Å². The normalized spacial score (nSPS) is 24.0. The minimum Gasteiger partial charge on any atom is -0.489 e. The topological polar surface area (TPSA) is 99.8 Å². The number of ether oxygens (including phenoxy) is 1. The van der Waals surface area contributed by atoms with E-state index in [4.69, 9.17) is 16.3 Å². The van der Waals surface area contributed by atoms with Crippen molar-refractivity contribution in [2.75, 3.05) is 20.1 Å². The fraction of sp³-hybridized carbons (Fsp3) is 0.500. The molecule has 0 unspecified atom stereocenters. The molecule has 2 aromatic carbocycles. The van der Waals surface area contributed by atoms with Crippen LogP contribution in [0.3, 0.4) is 0 Å². The van der Waals surface area contributed by atoms with Gasteiger partial charge in [0.25, 0.3) is 0 Å². The summed E-state index contributed by atoms with van der Waals surface area (Å²) >= 11 is 6.03. The van der Waals surface area contributed by atoms with E-state index in [1.807, 2.05) is 50.2 Å². The molecule has 0 aliphatic carbocycles. The first kappa shape index (κ1) is 30.4. The zero-order chi connectivity index (χ0) is 28.4. The van der Waals surface area contributed by atoms with Crippen molar-refractivity contribution >= 4 is 29.3 Å². The number of aryl methyl sites for hydroxylation is 1. The van der Waals surface area contributed by atoms with Gasteiger partial charge >= 0.3 is 0 Å². The SMILES string of the molecule is CCC[C@@H]1NC[C@@H](C)Oc2ccccc2CCCNC(=O)[C@@H](Cc2ccc(Cl)cc2)NC(=O)[C@@H](C)N(C)C1=O. The van der Waals surface area contributed by atoms with Gasteiger partial charge in [0, 0.05) is 31.6 Å². The number of rotatable bonds is 4. The van der Waals surface area contributed by atoms with Crippen LogP contribution in [-0.4, -0.2) is 67.0 Å². The molecular weight excluding hydrogens is 516 g/mol. The number of amides is 3. The summed E-state index contributed by atoms with van der Waals surface area (Å²) in [6.45, 7) is 6.60. The van der Waals surface area contributed by atoms with Crippen LogP contribution >= 0.6 is 11.6 Å². The Labute approximate surface area is 236 Å². The molecule has 1 heterocycles. The maximum absolute atomic E-state index is 13.4. The lowest BCUT2D eigenvalue weighted by molar-refractivity contribution is -0.141. The minimum atomic E-state index is -0.801. The number of carbonyl (C=O) groups excluding carboxylic acids is 3. The number of fused-ring (bicyclic) bond motifs is 1. The van der Waals surface area contributed by atoms with Gasteiger partial charge in [0.2, 0.25) is 17.7 Å². The molecule has 2 aromatic rings. The van der Waals surface area contributed by atoms with Gasteiger partial charge in [-0.15, -0.1) is 0 Å². The van der Waals surface area contributed by atoms with E-state index in [2.05, 4.69) is 16.0 Å². The second-order valence-electron chi connectivity index (χ2n) is 10.2. The summed E-state index contributed by atoms with van der Waals surface area (Å²) in [6, 6.07) is 13.1. The molecule has 0 fully saturated rings. The van der Waals surface area contributed by atoms with Gasteiger partial charge < -0.3 is 25.6 Å². The monoisotopic (exact) mass is 556 g/mol. The molecule has 39 heavy (non-hydrogen) atoms. The number of nitrogens with one attached hydrogen (secondary N) is 3. The molecule has 0 saturated heterocycles. The maximum Gasteiger partial charge on any atom is 0.243 e. The highest BCUT2D eigenvalue weighted by atomic mass is 35.5. The average molecular weight is 557 g/mol. The lowest BCUT2D eigenvalue weighted by Gasteiger charge is -2.30. The molecular formula is C30H41ClN4O4. The first-order chi connectivity index (χ1) is 18.7. The second kappa shape index (κ2) is 14.9. The van der Waals surface area contributed by atoms with E-state index in [0.717, 1.165) is 29.7 Å². The van der Waals surface area contributed by atoms with Crippen LogP contribution in [0.2, 0.25) is 5.02 Å². The summed E-state index contributed by atoms with van der Waals surface area (Å²) in [5, 5.41) is 9.81. The fourth-order valence-corrected chi connectivity index (χ4v) is 4.70. The van der Waals surface area contributed by atoms with Gasteiger partial charge in [-0.25, -0.2) is 0 Å². The Morgan fingerprint density at radius 1 is 1.00 bits per heavy atom. The Bertz CT molecular complexity index is 1110. The van der Waals surface area contributed by atoms with Crippen LogP contribution in [0.5, 0.6) is 5.75 Å². The fourth-order valence-electron chi connectivity index (χ4n) is 4.58. The van der Waals surface area contributed by atoms with Crippen molar-refractivity contribution in [3.63, 3.8) is 0 Å². The molecule has 8 nitrogen and oxygen atoms in total. The molecule has 9 heteroatoms. The van der Waals surface area contributed by atoms with E-state index in [1.54, 1.807) is 26.1 Å². The largest absolute Gasteiger partial charge is 0.489 e. The van der Waals surface area contributed by atoms with Crippen LogP contribution < -0.4 is 20.7 Å². The number of hydrogen-bond donors (Lipinski definition) is 3. The van der Waals surface area contributed by atoms with E-state index in [9.17, 15) is 14.4 Å². The van der Waals surface area contributed by atoms with Crippen LogP contribution in [0.4, 0.5) is 0 Å². The Morgan fingerprint density at radius 2 is 1.72 bits per heavy atom. The average Bonchev–Trinajstić information content (AvgIpc) is 2.93. The quantitative estimate of drug-likeness (QED) is 0.535. The molecule has 1 aliphatic heterocycles. The molecule has 4 atom stereocenters. The minimum absolute atomic E-state index is 0.170. The lowest BCUT2D eigenvalue weighted by atomic mass is 10.0. The van der Waals surface area contributed by atoms with Crippen molar-refractivity contribution in [3.8, 4) is 5.75 Å². The van der Waals surface area contributed by atoms with E-state index >= 15 is 0 Å². The third-order valence-corrected chi connectivity index (χ3v) is 7.30. The number of halogens is 1. The van der Waals surface area contributed by atoms with Crippen molar-refractivity contribution in [1.29, 1.82) is 0 Å². The van der Waals surface area contributed by atoms with Crippen LogP contribution in [0.15, 0.2) is 48.5 Å². The van der Waals surface area contributed by atoms with Crippen molar-refractivity contribution in [2.45, 2.75) is 77.1 Å². The summed E-state index contributed by atoms with van der Waals surface area (Å²) in [4.78, 5) is 41.4. The Morgan fingerprint density at radius 3 is 2.44 bits per heavy atom. The molecule has 0 aromatic heterocycles. The summed E-state index contributed by atoms with van der Waals surface area (Å²) in [7, 11) is 1.62. The maximum atomic E-state index is 13.4. The molecule has 0 spiro atoms. The van der Waals surface area contributed by atoms with Gasteiger partial charge in [0.1, 0.15) is 23.9 Å². The number of benzene rings is 2. The summed E-state index contributed by atoms with van der Waals surface area (Å²) in [6.07, 6.45) is 3.00. The highest BCUT2D eigenvalue weighted by molar-refractivity contribution is 6.30. The van der Waals surface area contributed by atoms with Crippen LogP contribution in [0.25, 0.3) is 0 Å². The summed E-state index contributed by atoms with van der Waals surface area (Å²) in [5.74, 6) is -0.0330. The van der Waals surface area contributed by atoms with Gasteiger partial charge in [-0.2, -0.15) is 0 Å². The van der Waals surface area contributed by atoms with Crippen molar-refractivity contribution < 1.29 is 19.1 Å². The zero-order valence-corrected chi connectivity index (χ0v) is 24.1. The van der Waals surface area contributed by atoms with E-state index in [-0.39, 0.29) is 23.8 Å². The Kier molecular flexibility index (Phi) is 11.6. The zero-order valence-electron chi connectivity index (χ0n) is 23.3. The number of para-hydroxylation sites is 1. The van der Waals surface area contributed by atoms with Gasteiger partial charge in [-0.3, -0.25) is 14.4 Å². The molecule has 3 N–H and O–H groups in total. The third kappa shape index (κ3) is 8.97. The van der Waals surface area contributed by atoms with Crippen molar-refractivity contribution in [3.05, 3.63) is 64.7 Å². The standard InChI is InChI=1S/C30H41ClN4O4/c1-5-9-25-30(38)35(4)21(3)28(36)34-26(18-22-13-15-24(31)16-14-22)29(37)32-17-8-11-23-10-6-7-12-27(23)39-20(2)19-33-25/h6-7,10,12-16,20-21,25-26,33H,5,8-9,11,17-19H2,1-4H3,(H,32,37)(H,34,36)/t20-,21-,25+,26-/m1/s1. The number of nitrogens with zero attached hydrogens (tertiary/aromatic N) is 1. The molecule has 1 aliphatic rings. The number of carbonyl (C=O) groups is 3. The first-order valence-corrected chi connectivity index (χ1v) is 14.1. The second-order valence-corrected chi connectivity index (χ2v) is 10.6. The van der Waals surface area contributed by atoms with Gasteiger partial charge in [0.05, 0.1) is 6.04 Å². The molecule has 0 bridgehead atoms. The molecule has 0 radical (unpaired) electrons. The van der Waals surface area contributed by atoms with Gasteiger partial charge in [0.15, 0.2) is 0 Å².